The Hall–Kier alpha value is -1.96. The van der Waals surface area contributed by atoms with E-state index < -0.39 is 17.8 Å². The molecule has 0 bridgehead atoms. The summed E-state index contributed by atoms with van der Waals surface area (Å²) in [5.41, 5.74) is -1.24. The summed E-state index contributed by atoms with van der Waals surface area (Å²) in [6, 6.07) is 6.84. The van der Waals surface area contributed by atoms with Gasteiger partial charge in [-0.2, -0.15) is 18.2 Å². The quantitative estimate of drug-likeness (QED) is 0.550. The number of urea groups is 1. The predicted molar refractivity (Wildman–Crippen MR) is 81.2 cm³/mol. The zero-order valence-corrected chi connectivity index (χ0v) is 12.7. The van der Waals surface area contributed by atoms with Crippen molar-refractivity contribution in [2.24, 2.45) is 0 Å². The van der Waals surface area contributed by atoms with Crippen LogP contribution in [0.3, 0.4) is 0 Å². The Labute approximate surface area is 139 Å². The summed E-state index contributed by atoms with van der Waals surface area (Å²) in [6.07, 6.45) is -4.59. The van der Waals surface area contributed by atoms with Crippen molar-refractivity contribution < 1.29 is 23.2 Å². The number of rotatable bonds is 2. The van der Waals surface area contributed by atoms with E-state index in [-0.39, 0.29) is 26.5 Å². The SMILES string of the molecule is O=C(Nc1cc(Cl)ccc1Cl)N(O)c1cccc(C(F)(F)F)c1. The molecule has 0 aliphatic rings. The van der Waals surface area contributed by atoms with Crippen molar-refractivity contribution in [3.8, 4) is 0 Å². The molecule has 2 amide bonds. The Balaban J connectivity index is 2.21. The number of alkyl halides is 3. The van der Waals surface area contributed by atoms with Crippen LogP contribution in [0.2, 0.25) is 10.0 Å². The van der Waals surface area contributed by atoms with Crippen LogP contribution in [-0.2, 0) is 6.18 Å². The Morgan fingerprint density at radius 1 is 1.13 bits per heavy atom. The highest BCUT2D eigenvalue weighted by molar-refractivity contribution is 6.35. The molecule has 9 heteroatoms. The number of amides is 2. The molecular formula is C14H9Cl2F3N2O2. The first-order valence-electron chi connectivity index (χ1n) is 6.11. The number of carbonyl (C=O) groups excluding carboxylic acids is 1. The van der Waals surface area contributed by atoms with E-state index in [1.165, 1.54) is 18.2 Å². The summed E-state index contributed by atoms with van der Waals surface area (Å²) >= 11 is 11.6. The van der Waals surface area contributed by atoms with Gasteiger partial charge in [0, 0.05) is 5.02 Å². The third kappa shape index (κ3) is 4.28. The zero-order chi connectivity index (χ0) is 17.2. The van der Waals surface area contributed by atoms with Crippen LogP contribution in [0, 0.1) is 0 Å². The van der Waals surface area contributed by atoms with Gasteiger partial charge >= 0.3 is 12.2 Å². The highest BCUT2D eigenvalue weighted by Gasteiger charge is 2.31. The first-order valence-corrected chi connectivity index (χ1v) is 6.86. The van der Waals surface area contributed by atoms with Crippen LogP contribution >= 0.6 is 23.2 Å². The molecule has 2 N–H and O–H groups in total. The van der Waals surface area contributed by atoms with E-state index in [1.54, 1.807) is 0 Å². The van der Waals surface area contributed by atoms with E-state index in [2.05, 4.69) is 5.32 Å². The van der Waals surface area contributed by atoms with Gasteiger partial charge in [0.25, 0.3) is 0 Å². The van der Waals surface area contributed by atoms with Gasteiger partial charge in [-0.3, -0.25) is 5.21 Å². The number of nitrogens with one attached hydrogen (secondary N) is 1. The first-order chi connectivity index (χ1) is 10.7. The minimum absolute atomic E-state index is 0.0481. The van der Waals surface area contributed by atoms with Crippen molar-refractivity contribution in [3.63, 3.8) is 0 Å². The van der Waals surface area contributed by atoms with Gasteiger partial charge in [-0.25, -0.2) is 4.79 Å². The molecule has 0 fully saturated rings. The predicted octanol–water partition coefficient (Wildman–Crippen LogP) is 5.44. The summed E-state index contributed by atoms with van der Waals surface area (Å²) in [6.45, 7) is 0. The number of hydrogen-bond donors (Lipinski definition) is 2. The maximum Gasteiger partial charge on any atom is 0.416 e. The molecule has 0 spiro atoms. The van der Waals surface area contributed by atoms with Crippen LogP contribution in [0.25, 0.3) is 0 Å². The van der Waals surface area contributed by atoms with Gasteiger partial charge in [0.2, 0.25) is 0 Å². The average molecular weight is 365 g/mol. The molecular weight excluding hydrogens is 356 g/mol. The van der Waals surface area contributed by atoms with Crippen molar-refractivity contribution in [2.75, 3.05) is 10.4 Å². The molecule has 0 aliphatic heterocycles. The van der Waals surface area contributed by atoms with E-state index in [4.69, 9.17) is 23.2 Å². The van der Waals surface area contributed by atoms with Crippen molar-refractivity contribution >= 4 is 40.6 Å². The van der Waals surface area contributed by atoms with Crippen LogP contribution < -0.4 is 10.4 Å². The highest BCUT2D eigenvalue weighted by Crippen LogP contribution is 2.32. The van der Waals surface area contributed by atoms with E-state index in [1.807, 2.05) is 0 Å². The summed E-state index contributed by atoms with van der Waals surface area (Å²) in [5.74, 6) is 0. The van der Waals surface area contributed by atoms with Crippen molar-refractivity contribution in [1.29, 1.82) is 0 Å². The van der Waals surface area contributed by atoms with Crippen LogP contribution in [0.1, 0.15) is 5.56 Å². The first kappa shape index (κ1) is 17.4. The van der Waals surface area contributed by atoms with Crippen molar-refractivity contribution in [3.05, 3.63) is 58.1 Å². The van der Waals surface area contributed by atoms with Gasteiger partial charge in [-0.1, -0.05) is 29.3 Å². The molecule has 4 nitrogen and oxygen atoms in total. The van der Waals surface area contributed by atoms with Gasteiger partial charge in [0.1, 0.15) is 0 Å². The fourth-order valence-electron chi connectivity index (χ4n) is 1.69. The normalized spacial score (nSPS) is 11.2. The molecule has 2 aromatic rings. The summed E-state index contributed by atoms with van der Waals surface area (Å²) in [5, 5.41) is 12.5. The fourth-order valence-corrected chi connectivity index (χ4v) is 2.03. The lowest BCUT2D eigenvalue weighted by molar-refractivity contribution is -0.137. The van der Waals surface area contributed by atoms with Gasteiger partial charge in [0.15, 0.2) is 0 Å². The maximum absolute atomic E-state index is 12.6. The Morgan fingerprint density at radius 3 is 2.48 bits per heavy atom. The number of benzene rings is 2. The molecule has 2 rings (SSSR count). The van der Waals surface area contributed by atoms with Crippen molar-refractivity contribution in [2.45, 2.75) is 6.18 Å². The molecule has 0 heterocycles. The summed E-state index contributed by atoms with van der Waals surface area (Å²) < 4.78 is 37.9. The number of nitrogens with zero attached hydrogens (tertiary/aromatic N) is 1. The van der Waals surface area contributed by atoms with Crippen molar-refractivity contribution in [1.82, 2.24) is 0 Å². The number of halogens is 5. The molecule has 0 radical (unpaired) electrons. The Bertz CT molecular complexity index is 738. The topological polar surface area (TPSA) is 52.6 Å². The van der Waals surface area contributed by atoms with E-state index in [9.17, 15) is 23.2 Å². The van der Waals surface area contributed by atoms with E-state index in [0.29, 0.717) is 6.07 Å². The van der Waals surface area contributed by atoms with Crippen LogP contribution in [0.5, 0.6) is 0 Å². The van der Waals surface area contributed by atoms with E-state index >= 15 is 0 Å². The molecule has 122 valence electrons. The third-order valence-electron chi connectivity index (χ3n) is 2.78. The van der Waals surface area contributed by atoms with Gasteiger partial charge < -0.3 is 5.32 Å². The molecule has 0 atom stereocenters. The van der Waals surface area contributed by atoms with Crippen LogP contribution in [-0.4, -0.2) is 11.2 Å². The molecule has 0 aromatic heterocycles. The number of anilines is 2. The lowest BCUT2D eigenvalue weighted by Gasteiger charge is -2.18. The third-order valence-corrected chi connectivity index (χ3v) is 3.35. The average Bonchev–Trinajstić information content (AvgIpc) is 2.49. The number of hydrogen-bond acceptors (Lipinski definition) is 2. The second-order valence-corrected chi connectivity index (χ2v) is 5.26. The number of carbonyl (C=O) groups is 1. The molecule has 0 saturated heterocycles. The lowest BCUT2D eigenvalue weighted by Crippen LogP contribution is -2.32. The molecule has 2 aromatic carbocycles. The van der Waals surface area contributed by atoms with Crippen LogP contribution in [0.15, 0.2) is 42.5 Å². The van der Waals surface area contributed by atoms with E-state index in [0.717, 1.165) is 18.2 Å². The Kier molecular flexibility index (Phi) is 5.03. The molecule has 0 unspecified atom stereocenters. The molecule has 0 saturated carbocycles. The van der Waals surface area contributed by atoms with Gasteiger partial charge in [0.05, 0.1) is 22.0 Å². The van der Waals surface area contributed by atoms with Gasteiger partial charge in [-0.05, 0) is 36.4 Å². The molecule has 0 aliphatic carbocycles. The monoisotopic (exact) mass is 364 g/mol. The maximum atomic E-state index is 12.6. The molecule has 23 heavy (non-hydrogen) atoms. The Morgan fingerprint density at radius 2 is 1.83 bits per heavy atom. The van der Waals surface area contributed by atoms with Crippen LogP contribution in [0.4, 0.5) is 29.3 Å². The number of hydroxylamine groups is 1. The highest BCUT2D eigenvalue weighted by atomic mass is 35.5. The van der Waals surface area contributed by atoms with Gasteiger partial charge in [-0.15, -0.1) is 0 Å². The standard InChI is InChI=1S/C14H9Cl2F3N2O2/c15-9-4-5-11(16)12(7-9)20-13(22)21(23)10-3-1-2-8(6-10)14(17,18)19/h1-7,23H,(H,20,22). The smallest absolute Gasteiger partial charge is 0.304 e. The largest absolute Gasteiger partial charge is 0.416 e. The second-order valence-electron chi connectivity index (χ2n) is 4.41. The lowest BCUT2D eigenvalue weighted by atomic mass is 10.2. The second kappa shape index (κ2) is 6.66. The summed E-state index contributed by atoms with van der Waals surface area (Å²) in [4.78, 5) is 11.9. The summed E-state index contributed by atoms with van der Waals surface area (Å²) in [7, 11) is 0. The minimum Gasteiger partial charge on any atom is -0.304 e. The zero-order valence-electron chi connectivity index (χ0n) is 11.2. The minimum atomic E-state index is -4.59. The fraction of sp³-hybridized carbons (Fsp3) is 0.0714.